The first kappa shape index (κ1) is 22.2. The third-order valence-corrected chi connectivity index (χ3v) is 6.30. The van der Waals surface area contributed by atoms with Gasteiger partial charge in [-0.2, -0.15) is 0 Å². The van der Waals surface area contributed by atoms with E-state index in [-0.39, 0.29) is 29.6 Å². The SMILES string of the molecule is CC1=C(C(=O)OCC2CCCO2)C(c2cccc([N+](=O)[O-])c2)C2=C(CC(C)(C)CC2=O)N1. The molecule has 8 nitrogen and oxygen atoms in total. The van der Waals surface area contributed by atoms with Crippen LogP contribution in [0.5, 0.6) is 0 Å². The summed E-state index contributed by atoms with van der Waals surface area (Å²) in [7, 11) is 0. The van der Waals surface area contributed by atoms with Crippen LogP contribution in [0.25, 0.3) is 0 Å². The summed E-state index contributed by atoms with van der Waals surface area (Å²) < 4.78 is 11.1. The second-order valence-corrected chi connectivity index (χ2v) is 9.52. The predicted octanol–water partition coefficient (Wildman–Crippen LogP) is 3.92. The van der Waals surface area contributed by atoms with Crippen LogP contribution in [0.2, 0.25) is 0 Å². The number of rotatable bonds is 5. The first-order valence-corrected chi connectivity index (χ1v) is 10.9. The van der Waals surface area contributed by atoms with Gasteiger partial charge in [0.25, 0.3) is 5.69 Å². The lowest BCUT2D eigenvalue weighted by Crippen LogP contribution is -2.39. The number of non-ortho nitro benzene ring substituents is 1. The molecule has 2 unspecified atom stereocenters. The van der Waals surface area contributed by atoms with Crippen LogP contribution >= 0.6 is 0 Å². The number of nitro benzene ring substituents is 1. The quantitative estimate of drug-likeness (QED) is 0.420. The highest BCUT2D eigenvalue weighted by Gasteiger charge is 2.43. The highest BCUT2D eigenvalue weighted by Crippen LogP contribution is 2.47. The molecule has 170 valence electrons. The summed E-state index contributed by atoms with van der Waals surface area (Å²) in [4.78, 5) is 37.4. The highest BCUT2D eigenvalue weighted by molar-refractivity contribution is 6.04. The maximum Gasteiger partial charge on any atom is 0.336 e. The predicted molar refractivity (Wildman–Crippen MR) is 117 cm³/mol. The molecule has 0 amide bonds. The molecule has 0 saturated carbocycles. The van der Waals surface area contributed by atoms with Crippen LogP contribution in [0.4, 0.5) is 5.69 Å². The van der Waals surface area contributed by atoms with E-state index in [9.17, 15) is 19.7 Å². The smallest absolute Gasteiger partial charge is 0.336 e. The molecule has 32 heavy (non-hydrogen) atoms. The van der Waals surface area contributed by atoms with E-state index in [0.29, 0.717) is 41.9 Å². The molecule has 1 fully saturated rings. The van der Waals surface area contributed by atoms with Crippen LogP contribution in [-0.4, -0.2) is 36.0 Å². The Morgan fingerprint density at radius 3 is 2.81 bits per heavy atom. The summed E-state index contributed by atoms with van der Waals surface area (Å²) in [5, 5.41) is 14.7. The van der Waals surface area contributed by atoms with E-state index in [4.69, 9.17) is 9.47 Å². The van der Waals surface area contributed by atoms with Gasteiger partial charge in [-0.15, -0.1) is 0 Å². The van der Waals surface area contributed by atoms with E-state index in [2.05, 4.69) is 5.32 Å². The molecule has 2 aliphatic heterocycles. The molecule has 0 spiro atoms. The van der Waals surface area contributed by atoms with E-state index >= 15 is 0 Å². The molecule has 2 heterocycles. The van der Waals surface area contributed by atoms with Crippen LogP contribution < -0.4 is 5.32 Å². The Morgan fingerprint density at radius 2 is 2.12 bits per heavy atom. The molecule has 1 aromatic carbocycles. The summed E-state index contributed by atoms with van der Waals surface area (Å²) in [5.41, 5.74) is 2.42. The Hall–Kier alpha value is -3.00. The molecule has 2 atom stereocenters. The lowest BCUT2D eigenvalue weighted by molar-refractivity contribution is -0.384. The van der Waals surface area contributed by atoms with Crippen molar-refractivity contribution in [3.8, 4) is 0 Å². The van der Waals surface area contributed by atoms with Gasteiger partial charge in [-0.05, 0) is 37.2 Å². The van der Waals surface area contributed by atoms with Gasteiger partial charge in [0.05, 0.1) is 16.6 Å². The highest BCUT2D eigenvalue weighted by atomic mass is 16.6. The first-order chi connectivity index (χ1) is 15.2. The number of hydrogen-bond donors (Lipinski definition) is 1. The third-order valence-electron chi connectivity index (χ3n) is 6.30. The minimum atomic E-state index is -0.716. The zero-order valence-electron chi connectivity index (χ0n) is 18.6. The summed E-state index contributed by atoms with van der Waals surface area (Å²) in [6, 6.07) is 6.14. The van der Waals surface area contributed by atoms with Crippen molar-refractivity contribution in [2.75, 3.05) is 13.2 Å². The number of hydrogen-bond acceptors (Lipinski definition) is 7. The van der Waals surface area contributed by atoms with Gasteiger partial charge in [0.2, 0.25) is 0 Å². The molecule has 1 aromatic rings. The van der Waals surface area contributed by atoms with Gasteiger partial charge in [0.1, 0.15) is 6.61 Å². The molecule has 1 aliphatic carbocycles. The lowest BCUT2D eigenvalue weighted by atomic mass is 9.68. The number of benzene rings is 1. The van der Waals surface area contributed by atoms with Gasteiger partial charge in [0.15, 0.2) is 5.78 Å². The van der Waals surface area contributed by atoms with Crippen LogP contribution in [0, 0.1) is 15.5 Å². The molecule has 0 bridgehead atoms. The molecule has 3 aliphatic rings. The normalized spacial score (nSPS) is 24.8. The van der Waals surface area contributed by atoms with Crippen LogP contribution in [0.3, 0.4) is 0 Å². The fourth-order valence-corrected chi connectivity index (χ4v) is 4.88. The van der Waals surface area contributed by atoms with Crippen LogP contribution in [0.1, 0.15) is 57.9 Å². The summed E-state index contributed by atoms with van der Waals surface area (Å²) >= 11 is 0. The number of allylic oxidation sites excluding steroid dienone is 3. The Labute approximate surface area is 186 Å². The molecular weight excluding hydrogens is 412 g/mol. The number of ether oxygens (including phenoxy) is 2. The average Bonchev–Trinajstić information content (AvgIpc) is 3.23. The Balaban J connectivity index is 1.75. The van der Waals surface area contributed by atoms with Gasteiger partial charge >= 0.3 is 5.97 Å². The number of dihydropyridines is 1. The molecule has 1 saturated heterocycles. The third kappa shape index (κ3) is 4.32. The summed E-state index contributed by atoms with van der Waals surface area (Å²) in [6.07, 6.45) is 2.63. The van der Waals surface area contributed by atoms with Gasteiger partial charge in [0, 0.05) is 48.0 Å². The molecular formula is C24H28N2O6. The van der Waals surface area contributed by atoms with Gasteiger partial charge in [-0.1, -0.05) is 26.0 Å². The average molecular weight is 440 g/mol. The number of nitro groups is 1. The van der Waals surface area contributed by atoms with E-state index in [1.165, 1.54) is 12.1 Å². The standard InChI is InChI=1S/C24H28N2O6/c1-14-20(23(28)32-13-17-8-5-9-31-17)21(15-6-4-7-16(10-15)26(29)30)22-18(25-14)11-24(2,3)12-19(22)27/h4,6-7,10,17,21,25H,5,8-9,11-13H2,1-3H3. The van der Waals surface area contributed by atoms with Gasteiger partial charge in [-0.3, -0.25) is 14.9 Å². The van der Waals surface area contributed by atoms with E-state index in [1.54, 1.807) is 19.1 Å². The fourth-order valence-electron chi connectivity index (χ4n) is 4.88. The minimum Gasteiger partial charge on any atom is -0.459 e. The minimum absolute atomic E-state index is 0.0582. The van der Waals surface area contributed by atoms with Crippen molar-refractivity contribution in [1.82, 2.24) is 5.32 Å². The Kier molecular flexibility index (Phi) is 5.90. The number of Topliss-reactive ketones (excluding diaryl/α,β-unsaturated/α-hetero) is 1. The zero-order chi connectivity index (χ0) is 23.0. The van der Waals surface area contributed by atoms with E-state index in [1.807, 2.05) is 13.8 Å². The van der Waals surface area contributed by atoms with Crippen molar-refractivity contribution in [1.29, 1.82) is 0 Å². The van der Waals surface area contributed by atoms with Crippen molar-refractivity contribution < 1.29 is 24.0 Å². The number of ketones is 1. The van der Waals surface area contributed by atoms with E-state index < -0.39 is 16.8 Å². The molecule has 8 heteroatoms. The largest absolute Gasteiger partial charge is 0.459 e. The van der Waals surface area contributed by atoms with Gasteiger partial charge in [-0.25, -0.2) is 4.79 Å². The van der Waals surface area contributed by atoms with Crippen LogP contribution in [-0.2, 0) is 19.1 Å². The second-order valence-electron chi connectivity index (χ2n) is 9.52. The second kappa shape index (κ2) is 8.50. The Morgan fingerprint density at radius 1 is 1.34 bits per heavy atom. The van der Waals surface area contributed by atoms with E-state index in [0.717, 1.165) is 18.5 Å². The number of esters is 1. The number of nitrogens with zero attached hydrogens (tertiary/aromatic N) is 1. The monoisotopic (exact) mass is 440 g/mol. The topological polar surface area (TPSA) is 108 Å². The summed E-state index contributed by atoms with van der Waals surface area (Å²) in [6.45, 7) is 6.64. The van der Waals surface area contributed by atoms with Crippen molar-refractivity contribution in [3.63, 3.8) is 0 Å². The number of carbonyl (C=O) groups is 2. The fraction of sp³-hybridized carbons (Fsp3) is 0.500. The van der Waals surface area contributed by atoms with Crippen molar-refractivity contribution >= 4 is 17.4 Å². The number of nitrogens with one attached hydrogen (secondary N) is 1. The molecule has 0 aromatic heterocycles. The van der Waals surface area contributed by atoms with Crippen molar-refractivity contribution in [3.05, 3.63) is 62.5 Å². The van der Waals surface area contributed by atoms with Gasteiger partial charge < -0.3 is 14.8 Å². The number of carbonyl (C=O) groups excluding carboxylic acids is 2. The lowest BCUT2D eigenvalue weighted by Gasteiger charge is -2.39. The molecule has 0 radical (unpaired) electrons. The molecule has 4 rings (SSSR count). The maximum absolute atomic E-state index is 13.3. The van der Waals surface area contributed by atoms with Crippen molar-refractivity contribution in [2.45, 2.75) is 58.5 Å². The first-order valence-electron chi connectivity index (χ1n) is 10.9. The summed E-state index contributed by atoms with van der Waals surface area (Å²) in [5.74, 6) is -1.31. The molecule has 1 N–H and O–H groups in total. The zero-order valence-corrected chi connectivity index (χ0v) is 18.6. The van der Waals surface area contributed by atoms with Crippen molar-refractivity contribution in [2.24, 2.45) is 5.41 Å². The van der Waals surface area contributed by atoms with Crippen LogP contribution in [0.15, 0.2) is 46.8 Å². The maximum atomic E-state index is 13.3. The Bertz CT molecular complexity index is 1030.